The SMILES string of the molecule is Cc1cccc(N2C(N)=NCC23CCCN(C)CC3)c1. The fourth-order valence-electron chi connectivity index (χ4n) is 3.48. The van der Waals surface area contributed by atoms with E-state index in [4.69, 9.17) is 5.73 Å². The van der Waals surface area contributed by atoms with Crippen molar-refractivity contribution in [1.29, 1.82) is 0 Å². The highest BCUT2D eigenvalue weighted by molar-refractivity contribution is 5.98. The fourth-order valence-corrected chi connectivity index (χ4v) is 3.48. The normalized spacial score (nSPS) is 27.7. The van der Waals surface area contributed by atoms with E-state index in [0.29, 0.717) is 5.96 Å². The van der Waals surface area contributed by atoms with Gasteiger partial charge in [0.2, 0.25) is 0 Å². The largest absolute Gasteiger partial charge is 0.369 e. The summed E-state index contributed by atoms with van der Waals surface area (Å²) in [5.41, 5.74) is 8.76. The molecule has 0 aromatic heterocycles. The van der Waals surface area contributed by atoms with Crippen molar-refractivity contribution in [2.75, 3.05) is 31.6 Å². The lowest BCUT2D eigenvalue weighted by Crippen LogP contribution is -2.52. The molecule has 108 valence electrons. The van der Waals surface area contributed by atoms with Crippen LogP contribution in [0.4, 0.5) is 5.69 Å². The van der Waals surface area contributed by atoms with Gasteiger partial charge in [0.25, 0.3) is 0 Å². The van der Waals surface area contributed by atoms with Crippen molar-refractivity contribution >= 4 is 11.6 Å². The molecule has 2 aliphatic rings. The predicted octanol–water partition coefficient (Wildman–Crippen LogP) is 1.98. The van der Waals surface area contributed by atoms with Crippen molar-refractivity contribution < 1.29 is 0 Å². The number of hydrogen-bond donors (Lipinski definition) is 1. The van der Waals surface area contributed by atoms with E-state index in [9.17, 15) is 0 Å². The Morgan fingerprint density at radius 2 is 2.10 bits per heavy atom. The molecule has 1 atom stereocenters. The van der Waals surface area contributed by atoms with Crippen molar-refractivity contribution in [2.45, 2.75) is 31.7 Å². The molecular weight excluding hydrogens is 248 g/mol. The average Bonchev–Trinajstić information content (AvgIpc) is 2.61. The molecule has 4 heteroatoms. The standard InChI is InChI=1S/C16H24N4/c1-13-5-3-6-14(11-13)20-15(17)18-12-16(20)7-4-9-19(2)10-8-16/h3,5-6,11H,4,7-10,12H2,1-2H3,(H2,17,18). The number of hydrogen-bond acceptors (Lipinski definition) is 4. The highest BCUT2D eigenvalue weighted by Gasteiger charge is 2.43. The number of benzene rings is 1. The Morgan fingerprint density at radius 1 is 1.25 bits per heavy atom. The number of likely N-dealkylation sites (tertiary alicyclic amines) is 1. The van der Waals surface area contributed by atoms with Crippen LogP contribution in [-0.2, 0) is 0 Å². The van der Waals surface area contributed by atoms with Crippen LogP contribution in [0.5, 0.6) is 0 Å². The van der Waals surface area contributed by atoms with E-state index < -0.39 is 0 Å². The quantitative estimate of drug-likeness (QED) is 0.850. The molecule has 1 aromatic carbocycles. The second-order valence-electron chi connectivity index (χ2n) is 6.23. The van der Waals surface area contributed by atoms with Gasteiger partial charge in [-0.25, -0.2) is 0 Å². The van der Waals surface area contributed by atoms with Crippen LogP contribution in [0.15, 0.2) is 29.3 Å². The minimum atomic E-state index is 0.0859. The van der Waals surface area contributed by atoms with Gasteiger partial charge < -0.3 is 15.5 Å². The summed E-state index contributed by atoms with van der Waals surface area (Å²) in [6, 6.07) is 8.59. The molecular formula is C16H24N4. The Labute approximate surface area is 121 Å². The predicted molar refractivity (Wildman–Crippen MR) is 84.2 cm³/mol. The summed E-state index contributed by atoms with van der Waals surface area (Å²) < 4.78 is 0. The summed E-state index contributed by atoms with van der Waals surface area (Å²) in [6.45, 7) is 5.25. The smallest absolute Gasteiger partial charge is 0.196 e. The molecule has 0 radical (unpaired) electrons. The van der Waals surface area contributed by atoms with Gasteiger partial charge in [0.15, 0.2) is 5.96 Å². The number of guanidine groups is 1. The zero-order valence-corrected chi connectivity index (χ0v) is 12.5. The molecule has 1 fully saturated rings. The first-order valence-electron chi connectivity index (χ1n) is 7.46. The molecule has 1 spiro atoms. The molecule has 2 aliphatic heterocycles. The van der Waals surface area contributed by atoms with Crippen LogP contribution in [0, 0.1) is 6.92 Å². The summed E-state index contributed by atoms with van der Waals surface area (Å²) in [7, 11) is 2.20. The Balaban J connectivity index is 1.95. The van der Waals surface area contributed by atoms with E-state index in [1.807, 2.05) is 0 Å². The molecule has 1 aromatic rings. The summed E-state index contributed by atoms with van der Waals surface area (Å²) in [5.74, 6) is 0.681. The molecule has 1 saturated heterocycles. The van der Waals surface area contributed by atoms with E-state index in [2.05, 4.69) is 53.0 Å². The lowest BCUT2D eigenvalue weighted by atomic mass is 9.89. The van der Waals surface area contributed by atoms with Gasteiger partial charge in [-0.2, -0.15) is 0 Å². The van der Waals surface area contributed by atoms with Crippen LogP contribution >= 0.6 is 0 Å². The average molecular weight is 272 g/mol. The lowest BCUT2D eigenvalue weighted by molar-refractivity contribution is 0.334. The molecule has 0 bridgehead atoms. The number of anilines is 1. The Bertz CT molecular complexity index is 525. The second-order valence-corrected chi connectivity index (χ2v) is 6.23. The van der Waals surface area contributed by atoms with Crippen LogP contribution in [0.1, 0.15) is 24.8 Å². The van der Waals surface area contributed by atoms with Crippen LogP contribution in [-0.4, -0.2) is 43.1 Å². The van der Waals surface area contributed by atoms with E-state index >= 15 is 0 Å². The van der Waals surface area contributed by atoms with Gasteiger partial charge in [0.05, 0.1) is 12.1 Å². The minimum Gasteiger partial charge on any atom is -0.369 e. The first-order chi connectivity index (χ1) is 9.61. The summed E-state index contributed by atoms with van der Waals surface area (Å²) in [4.78, 5) is 9.27. The van der Waals surface area contributed by atoms with Gasteiger partial charge in [-0.05, 0) is 57.5 Å². The van der Waals surface area contributed by atoms with E-state index in [-0.39, 0.29) is 5.54 Å². The summed E-state index contributed by atoms with van der Waals surface area (Å²) >= 11 is 0. The fraction of sp³-hybridized carbons (Fsp3) is 0.562. The van der Waals surface area contributed by atoms with Gasteiger partial charge in [-0.1, -0.05) is 12.1 Å². The highest BCUT2D eigenvalue weighted by atomic mass is 15.4. The van der Waals surface area contributed by atoms with Gasteiger partial charge >= 0.3 is 0 Å². The zero-order valence-electron chi connectivity index (χ0n) is 12.5. The van der Waals surface area contributed by atoms with Gasteiger partial charge in [0, 0.05) is 12.2 Å². The van der Waals surface area contributed by atoms with Crippen LogP contribution < -0.4 is 10.6 Å². The van der Waals surface area contributed by atoms with Crippen LogP contribution in [0.3, 0.4) is 0 Å². The van der Waals surface area contributed by atoms with Gasteiger partial charge in [-0.15, -0.1) is 0 Å². The van der Waals surface area contributed by atoms with Crippen molar-refractivity contribution in [3.8, 4) is 0 Å². The van der Waals surface area contributed by atoms with E-state index in [0.717, 1.165) is 25.9 Å². The number of nitrogens with zero attached hydrogens (tertiary/aromatic N) is 3. The first kappa shape index (κ1) is 13.4. The topological polar surface area (TPSA) is 44.9 Å². The minimum absolute atomic E-state index is 0.0859. The molecule has 0 amide bonds. The van der Waals surface area contributed by atoms with Crippen LogP contribution in [0.2, 0.25) is 0 Å². The number of aliphatic imine (C=N–C) groups is 1. The third-order valence-corrected chi connectivity index (χ3v) is 4.64. The molecule has 20 heavy (non-hydrogen) atoms. The molecule has 2 N–H and O–H groups in total. The maximum absolute atomic E-state index is 6.21. The van der Waals surface area contributed by atoms with Crippen molar-refractivity contribution in [3.05, 3.63) is 29.8 Å². The number of nitrogens with two attached hydrogens (primary N) is 1. The lowest BCUT2D eigenvalue weighted by Gasteiger charge is -2.39. The highest BCUT2D eigenvalue weighted by Crippen LogP contribution is 2.36. The van der Waals surface area contributed by atoms with Crippen molar-refractivity contribution in [1.82, 2.24) is 4.90 Å². The zero-order chi connectivity index (χ0) is 14.2. The molecule has 1 unspecified atom stereocenters. The Kier molecular flexibility index (Phi) is 3.42. The second kappa shape index (κ2) is 5.09. The maximum atomic E-state index is 6.21. The van der Waals surface area contributed by atoms with E-state index in [1.54, 1.807) is 0 Å². The molecule has 3 rings (SSSR count). The van der Waals surface area contributed by atoms with Crippen molar-refractivity contribution in [2.24, 2.45) is 10.7 Å². The van der Waals surface area contributed by atoms with Gasteiger partial charge in [-0.3, -0.25) is 4.99 Å². The molecule has 4 nitrogen and oxygen atoms in total. The molecule has 0 saturated carbocycles. The first-order valence-corrected chi connectivity index (χ1v) is 7.46. The molecule has 0 aliphatic carbocycles. The summed E-state index contributed by atoms with van der Waals surface area (Å²) in [5, 5.41) is 0. The Hall–Kier alpha value is -1.55. The van der Waals surface area contributed by atoms with Gasteiger partial charge in [0.1, 0.15) is 0 Å². The third kappa shape index (κ3) is 2.29. The Morgan fingerprint density at radius 3 is 2.90 bits per heavy atom. The summed E-state index contributed by atoms with van der Waals surface area (Å²) in [6.07, 6.45) is 3.50. The van der Waals surface area contributed by atoms with Crippen LogP contribution in [0.25, 0.3) is 0 Å². The molecule has 2 heterocycles. The van der Waals surface area contributed by atoms with E-state index in [1.165, 1.54) is 24.2 Å². The van der Waals surface area contributed by atoms with Crippen molar-refractivity contribution in [3.63, 3.8) is 0 Å². The monoisotopic (exact) mass is 272 g/mol. The third-order valence-electron chi connectivity index (χ3n) is 4.64. The number of aryl methyl sites for hydroxylation is 1. The maximum Gasteiger partial charge on any atom is 0.196 e. The number of rotatable bonds is 1.